The summed E-state index contributed by atoms with van der Waals surface area (Å²) >= 11 is 1.35. The molecule has 9 heteroatoms. The highest BCUT2D eigenvalue weighted by atomic mass is 32.2. The van der Waals surface area contributed by atoms with Crippen LogP contribution in [-0.4, -0.2) is 37.3 Å². The number of amides is 1. The summed E-state index contributed by atoms with van der Waals surface area (Å²) in [5.74, 6) is -0.0563. The Morgan fingerprint density at radius 1 is 1.23 bits per heavy atom. The Bertz CT molecular complexity index is 1130. The molecule has 4 rings (SSSR count). The van der Waals surface area contributed by atoms with Crippen LogP contribution in [0.5, 0.6) is 0 Å². The third-order valence-corrected chi connectivity index (χ3v) is 7.92. The zero-order chi connectivity index (χ0) is 21.8. The van der Waals surface area contributed by atoms with E-state index < -0.39 is 15.7 Å². The van der Waals surface area contributed by atoms with Crippen molar-refractivity contribution in [3.63, 3.8) is 0 Å². The van der Waals surface area contributed by atoms with Crippen molar-refractivity contribution in [2.45, 2.75) is 37.0 Å². The number of likely N-dealkylation sites (tertiary alicyclic amines) is 1. The van der Waals surface area contributed by atoms with Crippen LogP contribution in [0, 0.1) is 5.92 Å². The van der Waals surface area contributed by atoms with E-state index >= 15 is 0 Å². The highest BCUT2D eigenvalue weighted by molar-refractivity contribution is 7.90. The molecule has 0 bridgehead atoms. The predicted molar refractivity (Wildman–Crippen MR) is 120 cm³/mol. The normalized spacial score (nSPS) is 15.8. The summed E-state index contributed by atoms with van der Waals surface area (Å²) in [6, 6.07) is 9.68. The highest BCUT2D eigenvalue weighted by Crippen LogP contribution is 2.23. The second-order valence-corrected chi connectivity index (χ2v) is 10.8. The van der Waals surface area contributed by atoms with Crippen LogP contribution in [0.25, 0.3) is 0 Å². The minimum atomic E-state index is -3.59. The smallest absolute Gasteiger partial charge is 0.293 e. The van der Waals surface area contributed by atoms with Gasteiger partial charge in [-0.15, -0.1) is 11.3 Å². The van der Waals surface area contributed by atoms with Crippen molar-refractivity contribution in [1.82, 2.24) is 9.88 Å². The molecule has 7 nitrogen and oxygen atoms in total. The van der Waals surface area contributed by atoms with E-state index in [9.17, 15) is 13.2 Å². The summed E-state index contributed by atoms with van der Waals surface area (Å²) in [6.07, 6.45) is 3.72. The second kappa shape index (κ2) is 9.33. The van der Waals surface area contributed by atoms with Gasteiger partial charge in [0.25, 0.3) is 5.91 Å². The van der Waals surface area contributed by atoms with Gasteiger partial charge in [-0.25, -0.2) is 13.4 Å². The lowest BCUT2D eigenvalue weighted by atomic mass is 9.99. The number of carbonyl (C=O) groups excluding carboxylic acids is 1. The zero-order valence-corrected chi connectivity index (χ0v) is 18.9. The number of sulfone groups is 1. The van der Waals surface area contributed by atoms with Crippen LogP contribution >= 0.6 is 11.3 Å². The van der Waals surface area contributed by atoms with Gasteiger partial charge in [0.15, 0.2) is 20.7 Å². The molecule has 0 radical (unpaired) electrons. The molecule has 1 aliphatic heterocycles. The minimum absolute atomic E-state index is 0.0127. The fraction of sp³-hybridized carbons (Fsp3) is 0.364. The molecule has 1 amide bonds. The Morgan fingerprint density at radius 2 is 1.97 bits per heavy atom. The van der Waals surface area contributed by atoms with E-state index in [2.05, 4.69) is 22.1 Å². The van der Waals surface area contributed by atoms with Crippen LogP contribution in [-0.2, 0) is 22.1 Å². The van der Waals surface area contributed by atoms with E-state index in [0.29, 0.717) is 10.7 Å². The summed E-state index contributed by atoms with van der Waals surface area (Å²) in [5, 5.41) is 5.15. The number of anilines is 1. The summed E-state index contributed by atoms with van der Waals surface area (Å²) in [6.45, 7) is 5.17. The van der Waals surface area contributed by atoms with Gasteiger partial charge < -0.3 is 4.42 Å². The molecule has 3 heterocycles. The molecule has 0 atom stereocenters. The number of benzene rings is 1. The molecule has 0 unspecified atom stereocenters. The molecule has 1 aromatic carbocycles. The lowest BCUT2D eigenvalue weighted by molar-refractivity contribution is 0.0995. The van der Waals surface area contributed by atoms with E-state index in [4.69, 9.17) is 4.42 Å². The van der Waals surface area contributed by atoms with Crippen molar-refractivity contribution in [3.05, 3.63) is 65.1 Å². The van der Waals surface area contributed by atoms with Gasteiger partial charge >= 0.3 is 0 Å². The maximum atomic E-state index is 12.7. The molecule has 0 aliphatic carbocycles. The Kier molecular flexibility index (Phi) is 6.54. The molecule has 1 saturated heterocycles. The molecular weight excluding hydrogens is 434 g/mol. The van der Waals surface area contributed by atoms with Crippen molar-refractivity contribution < 1.29 is 17.6 Å². The lowest BCUT2D eigenvalue weighted by Gasteiger charge is -2.29. The standard InChI is InChI=1S/C22H25N3O4S2/c1-16-7-10-25(11-8-16)13-18-14-30-22(23-18)24-21(26)20-17(9-12-29-20)15-31(27,28)19-5-3-2-4-6-19/h2-6,9,12,14,16H,7-8,10-11,13,15H2,1H3,(H,23,24,26). The summed E-state index contributed by atoms with van der Waals surface area (Å²) in [5.41, 5.74) is 1.24. The predicted octanol–water partition coefficient (Wildman–Crippen LogP) is 4.19. The fourth-order valence-corrected chi connectivity index (χ4v) is 5.68. The van der Waals surface area contributed by atoms with E-state index in [1.165, 1.54) is 48.6 Å². The summed E-state index contributed by atoms with van der Waals surface area (Å²) in [7, 11) is -3.59. The van der Waals surface area contributed by atoms with Crippen LogP contribution in [0.2, 0.25) is 0 Å². The SMILES string of the molecule is CC1CCN(Cc2csc(NC(=O)c3occc3CS(=O)(=O)c3ccccc3)n2)CC1. The largest absolute Gasteiger partial charge is 0.459 e. The van der Waals surface area contributed by atoms with Crippen molar-refractivity contribution in [2.75, 3.05) is 18.4 Å². The van der Waals surface area contributed by atoms with Crippen molar-refractivity contribution in [1.29, 1.82) is 0 Å². The second-order valence-electron chi connectivity index (χ2n) is 7.90. The third-order valence-electron chi connectivity index (χ3n) is 5.43. The first-order valence-electron chi connectivity index (χ1n) is 10.2. The molecule has 2 aromatic heterocycles. The summed E-state index contributed by atoms with van der Waals surface area (Å²) in [4.78, 5) is 19.8. The molecule has 1 fully saturated rings. The third kappa shape index (κ3) is 5.41. The van der Waals surface area contributed by atoms with Crippen LogP contribution in [0.4, 0.5) is 5.13 Å². The first-order valence-corrected chi connectivity index (χ1v) is 12.8. The average Bonchev–Trinajstić information content (AvgIpc) is 3.39. The molecular formula is C22H25N3O4S2. The number of furan rings is 1. The van der Waals surface area contributed by atoms with Gasteiger partial charge in [0.1, 0.15) is 0 Å². The van der Waals surface area contributed by atoms with Gasteiger partial charge in [-0.1, -0.05) is 25.1 Å². The fourth-order valence-electron chi connectivity index (χ4n) is 3.60. The van der Waals surface area contributed by atoms with Gasteiger partial charge in [0.2, 0.25) is 0 Å². The molecule has 0 saturated carbocycles. The molecule has 3 aromatic rings. The molecule has 1 aliphatic rings. The summed E-state index contributed by atoms with van der Waals surface area (Å²) < 4.78 is 30.6. The first-order chi connectivity index (χ1) is 14.9. The first kappa shape index (κ1) is 21.7. The number of thiazole rings is 1. The molecule has 164 valence electrons. The number of aromatic nitrogens is 1. The highest BCUT2D eigenvalue weighted by Gasteiger charge is 2.23. The van der Waals surface area contributed by atoms with Gasteiger partial charge in [0, 0.05) is 17.5 Å². The number of rotatable bonds is 7. The maximum Gasteiger partial charge on any atom is 0.293 e. The van der Waals surface area contributed by atoms with Crippen molar-refractivity contribution in [2.24, 2.45) is 5.92 Å². The number of hydrogen-bond donors (Lipinski definition) is 1. The number of carbonyl (C=O) groups is 1. The van der Waals surface area contributed by atoms with Crippen LogP contribution in [0.3, 0.4) is 0 Å². The van der Waals surface area contributed by atoms with Crippen molar-refractivity contribution >= 4 is 32.2 Å². The van der Waals surface area contributed by atoms with E-state index in [1.807, 2.05) is 5.38 Å². The molecule has 0 spiro atoms. The van der Waals surface area contributed by atoms with E-state index in [0.717, 1.165) is 31.2 Å². The van der Waals surface area contributed by atoms with Crippen LogP contribution in [0.1, 0.15) is 41.6 Å². The minimum Gasteiger partial charge on any atom is -0.459 e. The van der Waals surface area contributed by atoms with Crippen LogP contribution < -0.4 is 5.32 Å². The molecule has 31 heavy (non-hydrogen) atoms. The van der Waals surface area contributed by atoms with Crippen LogP contribution in [0.15, 0.2) is 57.4 Å². The Balaban J connectivity index is 1.40. The van der Waals surface area contributed by atoms with Gasteiger partial charge in [0.05, 0.1) is 22.6 Å². The van der Waals surface area contributed by atoms with Gasteiger partial charge in [-0.2, -0.15) is 0 Å². The van der Waals surface area contributed by atoms with E-state index in [-0.39, 0.29) is 16.4 Å². The quantitative estimate of drug-likeness (QED) is 0.569. The average molecular weight is 460 g/mol. The topological polar surface area (TPSA) is 92.5 Å². The lowest BCUT2D eigenvalue weighted by Crippen LogP contribution is -2.32. The Morgan fingerprint density at radius 3 is 2.71 bits per heavy atom. The molecule has 1 N–H and O–H groups in total. The zero-order valence-electron chi connectivity index (χ0n) is 17.3. The van der Waals surface area contributed by atoms with E-state index in [1.54, 1.807) is 18.2 Å². The van der Waals surface area contributed by atoms with Gasteiger partial charge in [-0.05, 0) is 50.0 Å². The number of hydrogen-bond acceptors (Lipinski definition) is 7. The number of piperidine rings is 1. The monoisotopic (exact) mass is 459 g/mol. The van der Waals surface area contributed by atoms with Crippen molar-refractivity contribution in [3.8, 4) is 0 Å². The Labute approximate surface area is 186 Å². The number of nitrogens with zero attached hydrogens (tertiary/aromatic N) is 2. The number of nitrogens with one attached hydrogen (secondary N) is 1. The Hall–Kier alpha value is -2.49. The van der Waals surface area contributed by atoms with Gasteiger partial charge in [-0.3, -0.25) is 15.0 Å². The maximum absolute atomic E-state index is 12.7.